The number of sulfonamides is 1. The number of aromatic nitrogens is 5. The first kappa shape index (κ1) is 29.3. The van der Waals surface area contributed by atoms with Gasteiger partial charge in [0.2, 0.25) is 16.0 Å². The minimum Gasteiger partial charge on any atom is -0.377 e. The Bertz CT molecular complexity index is 1940. The number of aryl methyl sites for hydroxylation is 1. The second kappa shape index (κ2) is 10.7. The van der Waals surface area contributed by atoms with Crippen molar-refractivity contribution >= 4 is 61.7 Å². The minimum absolute atomic E-state index is 0.0293. The van der Waals surface area contributed by atoms with Crippen molar-refractivity contribution < 1.29 is 13.2 Å². The van der Waals surface area contributed by atoms with Crippen molar-refractivity contribution in [3.8, 4) is 0 Å². The summed E-state index contributed by atoms with van der Waals surface area (Å²) in [5, 5.41) is 4.11. The van der Waals surface area contributed by atoms with E-state index in [9.17, 15) is 18.0 Å². The maximum Gasteiger partial charge on any atom is 0.285 e. The fourth-order valence-electron chi connectivity index (χ4n) is 6.03. The number of hydrogen-bond acceptors (Lipinski definition) is 10. The molecule has 0 bridgehead atoms. The highest BCUT2D eigenvalue weighted by Crippen LogP contribution is 2.58. The third-order valence-electron chi connectivity index (χ3n) is 7.98. The number of halogens is 2. The van der Waals surface area contributed by atoms with Crippen LogP contribution in [0.1, 0.15) is 46.2 Å². The van der Waals surface area contributed by atoms with Gasteiger partial charge in [0, 0.05) is 31.6 Å². The molecule has 0 radical (unpaired) electrons. The first-order chi connectivity index (χ1) is 20.3. The predicted molar refractivity (Wildman–Crippen MR) is 164 cm³/mol. The second-order valence-electron chi connectivity index (χ2n) is 11.1. The Hall–Kier alpha value is -3.81. The molecule has 1 aliphatic carbocycles. The lowest BCUT2D eigenvalue weighted by atomic mass is 10.0. The monoisotopic (exact) mass is 642 g/mol. The molecule has 0 spiro atoms. The van der Waals surface area contributed by atoms with Gasteiger partial charge in [-0.25, -0.2) is 28.1 Å². The van der Waals surface area contributed by atoms with Crippen LogP contribution >= 0.6 is 23.2 Å². The van der Waals surface area contributed by atoms with Gasteiger partial charge in [0.05, 0.1) is 47.0 Å². The van der Waals surface area contributed by atoms with Gasteiger partial charge >= 0.3 is 0 Å². The van der Waals surface area contributed by atoms with E-state index in [4.69, 9.17) is 28.2 Å². The summed E-state index contributed by atoms with van der Waals surface area (Å²) in [6, 6.07) is 6.34. The molecule has 43 heavy (non-hydrogen) atoms. The molecule has 1 amide bonds. The van der Waals surface area contributed by atoms with E-state index in [2.05, 4.69) is 25.2 Å². The van der Waals surface area contributed by atoms with Crippen LogP contribution in [0.15, 0.2) is 41.5 Å². The highest BCUT2D eigenvalue weighted by atomic mass is 35.5. The number of carbonyl (C=O) groups excluding carboxylic acids is 1. The average Bonchev–Trinajstić information content (AvgIpc) is 3.43. The number of amides is 1. The standard InChI is InChI=1S/C28H28Cl2N8O4S/c1-13-7-15(14(2)33-19-5-6-21(29)34-25(19)26(39)36-43(4,41)42)24-16(8-13)27(40)37(3)28(35-24)38-11-17-18(12-38)23(17)20-9-32-22(30)10-31-20/h5-10,14,17-18,23,33H,11-12H2,1-4H3,(H,36,39)/t14-,17-,18+,23?/m1/s1. The van der Waals surface area contributed by atoms with E-state index in [0.29, 0.717) is 39.8 Å². The van der Waals surface area contributed by atoms with Crippen molar-refractivity contribution in [2.75, 3.05) is 29.6 Å². The van der Waals surface area contributed by atoms with Crippen molar-refractivity contribution in [2.45, 2.75) is 25.8 Å². The Morgan fingerprint density at radius 2 is 1.79 bits per heavy atom. The van der Waals surface area contributed by atoms with E-state index >= 15 is 0 Å². The fraction of sp³-hybridized carbons (Fsp3) is 0.357. The zero-order valence-corrected chi connectivity index (χ0v) is 26.0. The number of piperidine rings is 1. The van der Waals surface area contributed by atoms with Crippen LogP contribution < -0.4 is 20.5 Å². The number of fused-ring (bicyclic) bond motifs is 2. The average molecular weight is 644 g/mol. The van der Waals surface area contributed by atoms with Crippen LogP contribution in [0, 0.1) is 18.8 Å². The van der Waals surface area contributed by atoms with Crippen LogP contribution in [0.25, 0.3) is 10.9 Å². The highest BCUT2D eigenvalue weighted by molar-refractivity contribution is 7.89. The molecule has 6 rings (SSSR count). The molecule has 1 saturated heterocycles. The Morgan fingerprint density at radius 1 is 1.07 bits per heavy atom. The third kappa shape index (κ3) is 5.64. The van der Waals surface area contributed by atoms with Crippen LogP contribution in [0.3, 0.4) is 0 Å². The number of hydrogen-bond donors (Lipinski definition) is 2. The molecule has 2 aliphatic rings. The van der Waals surface area contributed by atoms with Crippen LogP contribution in [-0.4, -0.2) is 58.2 Å². The van der Waals surface area contributed by atoms with E-state index in [1.54, 1.807) is 30.1 Å². The fourth-order valence-corrected chi connectivity index (χ4v) is 6.71. The number of rotatable bonds is 7. The molecule has 1 saturated carbocycles. The van der Waals surface area contributed by atoms with Gasteiger partial charge in [-0.15, -0.1) is 0 Å². The van der Waals surface area contributed by atoms with Crippen molar-refractivity contribution in [2.24, 2.45) is 18.9 Å². The van der Waals surface area contributed by atoms with E-state index < -0.39 is 22.0 Å². The molecule has 1 unspecified atom stereocenters. The lowest BCUT2D eigenvalue weighted by Crippen LogP contribution is -2.32. The summed E-state index contributed by atoms with van der Waals surface area (Å²) in [4.78, 5) is 46.2. The summed E-state index contributed by atoms with van der Waals surface area (Å²) in [5.74, 6) is 0.732. The summed E-state index contributed by atoms with van der Waals surface area (Å²) in [5.41, 5.74) is 2.99. The zero-order chi connectivity index (χ0) is 30.8. The van der Waals surface area contributed by atoms with E-state index in [1.807, 2.05) is 30.7 Å². The van der Waals surface area contributed by atoms with E-state index in [1.165, 1.54) is 6.07 Å². The number of benzene rings is 1. The van der Waals surface area contributed by atoms with E-state index in [-0.39, 0.29) is 22.1 Å². The Morgan fingerprint density at radius 3 is 2.44 bits per heavy atom. The third-order valence-corrected chi connectivity index (χ3v) is 8.94. The van der Waals surface area contributed by atoms with Gasteiger partial charge < -0.3 is 10.2 Å². The van der Waals surface area contributed by atoms with Crippen LogP contribution in [0.2, 0.25) is 10.3 Å². The molecule has 4 atom stereocenters. The molecular weight excluding hydrogens is 615 g/mol. The SMILES string of the molecule is Cc1cc([C@@H](C)Nc2ccc(Cl)nc2C(=O)NS(C)(=O)=O)c2nc(N3C[C@@H]4C(c5cnc(Cl)cn5)[C@@H]4C3)n(C)c(=O)c2c1. The maximum absolute atomic E-state index is 13.6. The first-order valence-electron chi connectivity index (χ1n) is 13.5. The summed E-state index contributed by atoms with van der Waals surface area (Å²) in [7, 11) is -2.11. The zero-order valence-electron chi connectivity index (χ0n) is 23.7. The molecule has 1 aliphatic heterocycles. The number of carbonyl (C=O) groups is 1. The smallest absolute Gasteiger partial charge is 0.285 e. The van der Waals surface area contributed by atoms with Crippen molar-refractivity contribution in [3.05, 3.63) is 79.8 Å². The normalized spacial score (nSPS) is 20.1. The Kier molecular flexibility index (Phi) is 7.30. The summed E-state index contributed by atoms with van der Waals surface area (Å²) >= 11 is 11.9. The number of anilines is 2. The first-order valence-corrected chi connectivity index (χ1v) is 16.1. The predicted octanol–water partition coefficient (Wildman–Crippen LogP) is 3.45. The molecule has 2 fully saturated rings. The number of pyridine rings is 1. The molecule has 2 N–H and O–H groups in total. The molecule has 1 aromatic carbocycles. The Balaban J connectivity index is 1.32. The molecule has 4 heterocycles. The van der Waals surface area contributed by atoms with Gasteiger partial charge in [-0.1, -0.05) is 29.3 Å². The topological polar surface area (TPSA) is 152 Å². The second-order valence-corrected chi connectivity index (χ2v) is 13.7. The van der Waals surface area contributed by atoms with Gasteiger partial charge in [0.25, 0.3) is 11.5 Å². The lowest BCUT2D eigenvalue weighted by molar-refractivity contribution is 0.0977. The van der Waals surface area contributed by atoms with Crippen LogP contribution in [0.4, 0.5) is 11.6 Å². The largest absolute Gasteiger partial charge is 0.377 e. The molecule has 4 aromatic rings. The van der Waals surface area contributed by atoms with Gasteiger partial charge in [0.1, 0.15) is 10.3 Å². The minimum atomic E-state index is -3.83. The van der Waals surface area contributed by atoms with Gasteiger partial charge in [-0.2, -0.15) is 0 Å². The molecule has 15 heteroatoms. The van der Waals surface area contributed by atoms with Gasteiger partial charge in [0.15, 0.2) is 5.69 Å². The Labute approximate surface area is 257 Å². The molecular formula is C28H28Cl2N8O4S. The van der Waals surface area contributed by atoms with Gasteiger partial charge in [-0.3, -0.25) is 19.1 Å². The summed E-state index contributed by atoms with van der Waals surface area (Å²) in [6.07, 6.45) is 4.18. The van der Waals surface area contributed by atoms with Crippen molar-refractivity contribution in [1.29, 1.82) is 0 Å². The molecule has 3 aromatic heterocycles. The maximum atomic E-state index is 13.6. The summed E-state index contributed by atoms with van der Waals surface area (Å²) < 4.78 is 26.9. The highest BCUT2D eigenvalue weighted by Gasteiger charge is 2.57. The molecule has 12 nitrogen and oxygen atoms in total. The number of nitrogens with zero attached hydrogens (tertiary/aromatic N) is 6. The van der Waals surface area contributed by atoms with Gasteiger partial charge in [-0.05, 0) is 49.4 Å². The van der Waals surface area contributed by atoms with E-state index in [0.717, 1.165) is 36.2 Å². The lowest BCUT2D eigenvalue weighted by Gasteiger charge is -2.25. The molecule has 224 valence electrons. The van der Waals surface area contributed by atoms with Crippen molar-refractivity contribution in [3.63, 3.8) is 0 Å². The van der Waals surface area contributed by atoms with Crippen molar-refractivity contribution in [1.82, 2.24) is 29.2 Å². The van der Waals surface area contributed by atoms with Crippen LogP contribution in [0.5, 0.6) is 0 Å². The quantitative estimate of drug-likeness (QED) is 0.287. The number of nitrogens with one attached hydrogen (secondary N) is 2. The summed E-state index contributed by atoms with van der Waals surface area (Å²) in [6.45, 7) is 5.22. The van der Waals surface area contributed by atoms with Crippen LogP contribution in [-0.2, 0) is 17.1 Å².